The van der Waals surface area contributed by atoms with E-state index in [0.717, 1.165) is 50.1 Å². The lowest BCUT2D eigenvalue weighted by atomic mass is 10.1. The molecule has 4 aromatic rings. The number of likely N-dealkylation sites (N-methyl/N-ethyl adjacent to an activating group) is 1. The maximum absolute atomic E-state index is 12.6. The predicted molar refractivity (Wildman–Crippen MR) is 173 cm³/mol. The minimum atomic E-state index is -3.59. The fourth-order valence-electron chi connectivity index (χ4n) is 5.19. The number of sulfonamides is 1. The largest absolute Gasteiger partial charge is 0.494 e. The van der Waals surface area contributed by atoms with Crippen molar-refractivity contribution < 1.29 is 13.2 Å². The number of methoxy groups -OCH3 is 1. The number of rotatable bonds is 10. The van der Waals surface area contributed by atoms with Crippen LogP contribution in [0, 0.1) is 0 Å². The van der Waals surface area contributed by atoms with Crippen LogP contribution in [-0.2, 0) is 22.9 Å². The van der Waals surface area contributed by atoms with E-state index in [4.69, 9.17) is 9.72 Å². The van der Waals surface area contributed by atoms with Gasteiger partial charge in [-0.3, -0.25) is 14.3 Å². The molecular weight excluding hydrogens is 566 g/mol. The standard InChI is InChI=1S/C30H39N9O3S/c1-7-20-17-24(26(42-5)18-25(20)39-15-13-37(3)14-16-39)35-30-33-19-21(8-2)29(36-30)34-23-10-9-22-27(32-12-11-31-22)28(23)38(4)43(6,40)41/h9-12,17-19H,7-8,13-16H2,1-6H3,(H2,33,34,35,36). The van der Waals surface area contributed by atoms with Gasteiger partial charge in [0.2, 0.25) is 16.0 Å². The van der Waals surface area contributed by atoms with Crippen LogP contribution in [0.25, 0.3) is 11.0 Å². The Morgan fingerprint density at radius 1 is 0.953 bits per heavy atom. The summed E-state index contributed by atoms with van der Waals surface area (Å²) in [7, 11) is 1.72. The highest BCUT2D eigenvalue weighted by Crippen LogP contribution is 2.38. The first-order valence-electron chi connectivity index (χ1n) is 14.3. The van der Waals surface area contributed by atoms with Crippen molar-refractivity contribution in [2.45, 2.75) is 26.7 Å². The zero-order valence-electron chi connectivity index (χ0n) is 25.5. The Kier molecular flexibility index (Phi) is 8.83. The van der Waals surface area contributed by atoms with Crippen LogP contribution in [0.2, 0.25) is 0 Å². The fourth-order valence-corrected chi connectivity index (χ4v) is 5.71. The van der Waals surface area contributed by atoms with Crippen LogP contribution in [0.1, 0.15) is 25.0 Å². The van der Waals surface area contributed by atoms with Gasteiger partial charge in [0.15, 0.2) is 0 Å². The Hall–Kier alpha value is -4.23. The highest BCUT2D eigenvalue weighted by atomic mass is 32.2. The number of ether oxygens (including phenoxy) is 1. The normalized spacial score (nSPS) is 14.1. The number of hydrogen-bond donors (Lipinski definition) is 2. The van der Waals surface area contributed by atoms with Crippen LogP contribution >= 0.6 is 0 Å². The first-order valence-corrected chi connectivity index (χ1v) is 16.2. The summed E-state index contributed by atoms with van der Waals surface area (Å²) in [6.07, 6.45) is 7.57. The Balaban J connectivity index is 1.51. The second-order valence-corrected chi connectivity index (χ2v) is 12.6. The zero-order valence-corrected chi connectivity index (χ0v) is 26.4. The van der Waals surface area contributed by atoms with Gasteiger partial charge in [-0.1, -0.05) is 13.8 Å². The van der Waals surface area contributed by atoms with Gasteiger partial charge in [-0.05, 0) is 43.7 Å². The van der Waals surface area contributed by atoms with Crippen LogP contribution in [0.4, 0.5) is 34.5 Å². The number of anilines is 6. The molecule has 0 bridgehead atoms. The molecule has 1 aliphatic heterocycles. The number of aromatic nitrogens is 4. The summed E-state index contributed by atoms with van der Waals surface area (Å²) in [5.74, 6) is 1.63. The topological polar surface area (TPSA) is 129 Å². The van der Waals surface area contributed by atoms with E-state index in [1.165, 1.54) is 22.6 Å². The lowest BCUT2D eigenvalue weighted by Gasteiger charge is -2.35. The molecule has 1 aliphatic rings. The molecular formula is C30H39N9O3S. The Bertz CT molecular complexity index is 1720. The van der Waals surface area contributed by atoms with Gasteiger partial charge >= 0.3 is 0 Å². The van der Waals surface area contributed by atoms with E-state index in [-0.39, 0.29) is 0 Å². The number of nitrogens with zero attached hydrogens (tertiary/aromatic N) is 7. The van der Waals surface area contributed by atoms with Crippen molar-refractivity contribution in [2.75, 3.05) is 73.5 Å². The summed E-state index contributed by atoms with van der Waals surface area (Å²) in [4.78, 5) is 23.0. The van der Waals surface area contributed by atoms with Crippen LogP contribution < -0.4 is 24.6 Å². The molecule has 2 N–H and O–H groups in total. The smallest absolute Gasteiger partial charge is 0.232 e. The van der Waals surface area contributed by atoms with Gasteiger partial charge in [0.1, 0.15) is 22.8 Å². The summed E-state index contributed by atoms with van der Waals surface area (Å²) < 4.78 is 32.2. The number of aryl methyl sites for hydroxylation is 2. The van der Waals surface area contributed by atoms with Gasteiger partial charge in [0.25, 0.3) is 0 Å². The van der Waals surface area contributed by atoms with Crippen LogP contribution in [-0.4, -0.2) is 86.9 Å². The number of hydrogen-bond acceptors (Lipinski definition) is 11. The molecule has 0 spiro atoms. The Morgan fingerprint density at radius 2 is 1.67 bits per heavy atom. The molecule has 2 aromatic carbocycles. The van der Waals surface area contributed by atoms with E-state index >= 15 is 0 Å². The SMILES string of the molecule is CCc1cc(Nc2ncc(CC)c(Nc3ccc4nccnc4c3N(C)S(C)(=O)=O)n2)c(OC)cc1N1CCN(C)CC1. The van der Waals surface area contributed by atoms with Gasteiger partial charge < -0.3 is 25.2 Å². The van der Waals surface area contributed by atoms with Crippen molar-refractivity contribution in [3.05, 3.63) is 54.0 Å². The molecule has 5 rings (SSSR count). The monoisotopic (exact) mass is 605 g/mol. The molecule has 13 heteroatoms. The average Bonchev–Trinajstić information content (AvgIpc) is 3.00. The zero-order chi connectivity index (χ0) is 30.7. The molecule has 0 amide bonds. The van der Waals surface area contributed by atoms with E-state index < -0.39 is 10.0 Å². The molecule has 1 saturated heterocycles. The maximum Gasteiger partial charge on any atom is 0.232 e. The van der Waals surface area contributed by atoms with Gasteiger partial charge in [0.05, 0.1) is 30.3 Å². The van der Waals surface area contributed by atoms with Crippen molar-refractivity contribution in [1.82, 2.24) is 24.8 Å². The molecule has 43 heavy (non-hydrogen) atoms. The predicted octanol–water partition coefficient (Wildman–Crippen LogP) is 4.19. The van der Waals surface area contributed by atoms with Gasteiger partial charge in [0, 0.05) is 69.1 Å². The maximum atomic E-state index is 12.6. The highest BCUT2D eigenvalue weighted by molar-refractivity contribution is 7.92. The van der Waals surface area contributed by atoms with E-state index in [9.17, 15) is 8.42 Å². The average molecular weight is 606 g/mol. The molecule has 0 radical (unpaired) electrons. The van der Waals surface area contributed by atoms with Gasteiger partial charge in [-0.25, -0.2) is 13.4 Å². The Labute approximate surface area is 253 Å². The van der Waals surface area contributed by atoms with Crippen molar-refractivity contribution in [2.24, 2.45) is 0 Å². The second-order valence-electron chi connectivity index (χ2n) is 10.6. The van der Waals surface area contributed by atoms with Crippen LogP contribution in [0.3, 0.4) is 0 Å². The molecule has 0 atom stereocenters. The summed E-state index contributed by atoms with van der Waals surface area (Å²) in [5.41, 5.74) is 5.99. The molecule has 1 fully saturated rings. The lowest BCUT2D eigenvalue weighted by Crippen LogP contribution is -2.44. The lowest BCUT2D eigenvalue weighted by molar-refractivity contribution is 0.312. The molecule has 2 aromatic heterocycles. The number of fused-ring (bicyclic) bond motifs is 1. The van der Waals surface area contributed by atoms with Crippen molar-refractivity contribution in [3.63, 3.8) is 0 Å². The van der Waals surface area contributed by atoms with Gasteiger partial charge in [-0.2, -0.15) is 4.98 Å². The summed E-state index contributed by atoms with van der Waals surface area (Å²) in [5, 5.41) is 6.72. The van der Waals surface area contributed by atoms with Gasteiger partial charge in [-0.15, -0.1) is 0 Å². The highest BCUT2D eigenvalue weighted by Gasteiger charge is 2.23. The molecule has 0 unspecified atom stereocenters. The van der Waals surface area contributed by atoms with Crippen molar-refractivity contribution in [3.8, 4) is 5.75 Å². The molecule has 3 heterocycles. The number of benzene rings is 2. The number of nitrogens with one attached hydrogen (secondary N) is 2. The van der Waals surface area contributed by atoms with E-state index in [1.807, 2.05) is 6.92 Å². The third-order valence-corrected chi connectivity index (χ3v) is 8.97. The van der Waals surface area contributed by atoms with Crippen LogP contribution in [0.5, 0.6) is 5.75 Å². The summed E-state index contributed by atoms with van der Waals surface area (Å²) in [6.45, 7) is 8.13. The van der Waals surface area contributed by atoms with Crippen molar-refractivity contribution >= 4 is 55.6 Å². The third-order valence-electron chi connectivity index (χ3n) is 7.80. The van der Waals surface area contributed by atoms with E-state index in [2.05, 4.69) is 61.5 Å². The minimum Gasteiger partial charge on any atom is -0.494 e. The molecule has 0 aliphatic carbocycles. The van der Waals surface area contributed by atoms with E-state index in [1.54, 1.807) is 37.8 Å². The summed E-state index contributed by atoms with van der Waals surface area (Å²) in [6, 6.07) is 7.79. The molecule has 12 nitrogen and oxygen atoms in total. The Morgan fingerprint density at radius 3 is 2.35 bits per heavy atom. The minimum absolute atomic E-state index is 0.381. The molecule has 228 valence electrons. The quantitative estimate of drug-likeness (QED) is 0.270. The first kappa shape index (κ1) is 30.2. The molecule has 0 saturated carbocycles. The van der Waals surface area contributed by atoms with Crippen molar-refractivity contribution in [1.29, 1.82) is 0 Å². The number of piperazine rings is 1. The first-order chi connectivity index (χ1) is 20.6. The fraction of sp³-hybridized carbons (Fsp3) is 0.400. The third kappa shape index (κ3) is 6.42. The summed E-state index contributed by atoms with van der Waals surface area (Å²) >= 11 is 0. The van der Waals surface area contributed by atoms with E-state index in [0.29, 0.717) is 46.3 Å². The second kappa shape index (κ2) is 12.6. The van der Waals surface area contributed by atoms with Crippen LogP contribution in [0.15, 0.2) is 42.9 Å².